The first-order valence-corrected chi connectivity index (χ1v) is 7.92. The van der Waals surface area contributed by atoms with Crippen LogP contribution in [0.15, 0.2) is 38.6 Å². The van der Waals surface area contributed by atoms with Gasteiger partial charge in [0.05, 0.1) is 0 Å². The number of hydrogen-bond donors (Lipinski definition) is 1. The second-order valence-corrected chi connectivity index (χ2v) is 6.71. The summed E-state index contributed by atoms with van der Waals surface area (Å²) in [7, 11) is 1.89. The minimum Gasteiger partial charge on any atom is -0.313 e. The molecule has 0 spiro atoms. The van der Waals surface area contributed by atoms with Crippen LogP contribution >= 0.6 is 43.2 Å². The molecule has 1 N–H and O–H groups in total. The summed E-state index contributed by atoms with van der Waals surface area (Å²) in [5, 5.41) is 5.29. The van der Waals surface area contributed by atoms with Crippen molar-refractivity contribution in [3.8, 4) is 0 Å². The fourth-order valence-corrected chi connectivity index (χ4v) is 3.86. The number of hydrogen-bond acceptors (Lipinski definition) is 2. The standard InChI is InChI=1S/C13H12Br2FNS/c1-17-12(7-13-11(15)2-3-18-13)8-4-9(14)6-10(16)5-8/h2-6,12,17H,7H2,1H3. The van der Waals surface area contributed by atoms with E-state index in [9.17, 15) is 4.39 Å². The molecule has 96 valence electrons. The van der Waals surface area contributed by atoms with Gasteiger partial charge in [-0.2, -0.15) is 0 Å². The van der Waals surface area contributed by atoms with E-state index in [2.05, 4.69) is 37.2 Å². The van der Waals surface area contributed by atoms with Crippen LogP contribution in [-0.2, 0) is 6.42 Å². The topological polar surface area (TPSA) is 12.0 Å². The Morgan fingerprint density at radius 3 is 2.67 bits per heavy atom. The van der Waals surface area contributed by atoms with Crippen LogP contribution in [0.25, 0.3) is 0 Å². The van der Waals surface area contributed by atoms with Gasteiger partial charge in [0, 0.05) is 26.3 Å². The zero-order chi connectivity index (χ0) is 13.1. The second-order valence-electron chi connectivity index (χ2n) is 3.94. The van der Waals surface area contributed by atoms with E-state index >= 15 is 0 Å². The Balaban J connectivity index is 2.25. The molecule has 1 aromatic heterocycles. The van der Waals surface area contributed by atoms with E-state index in [1.165, 1.54) is 10.9 Å². The smallest absolute Gasteiger partial charge is 0.124 e. The number of nitrogens with one attached hydrogen (secondary N) is 1. The maximum absolute atomic E-state index is 13.4. The van der Waals surface area contributed by atoms with Gasteiger partial charge < -0.3 is 5.32 Å². The third kappa shape index (κ3) is 3.41. The lowest BCUT2D eigenvalue weighted by Gasteiger charge is -2.16. The molecule has 1 unspecified atom stereocenters. The quantitative estimate of drug-likeness (QED) is 0.778. The van der Waals surface area contributed by atoms with Crippen molar-refractivity contribution < 1.29 is 4.39 Å². The average Bonchev–Trinajstić information content (AvgIpc) is 2.70. The van der Waals surface area contributed by atoms with Crippen molar-refractivity contribution in [2.45, 2.75) is 12.5 Å². The Morgan fingerprint density at radius 1 is 1.33 bits per heavy atom. The van der Waals surface area contributed by atoms with Crippen LogP contribution in [0.5, 0.6) is 0 Å². The van der Waals surface area contributed by atoms with Gasteiger partial charge in [-0.1, -0.05) is 15.9 Å². The minimum absolute atomic E-state index is 0.104. The molecule has 0 saturated carbocycles. The molecule has 1 aromatic carbocycles. The van der Waals surface area contributed by atoms with Crippen LogP contribution in [0.1, 0.15) is 16.5 Å². The Kier molecular flexibility index (Phi) is 4.95. The highest BCUT2D eigenvalue weighted by atomic mass is 79.9. The molecular formula is C13H12Br2FNS. The van der Waals surface area contributed by atoms with Crippen LogP contribution < -0.4 is 5.32 Å². The molecule has 0 aliphatic heterocycles. The highest BCUT2D eigenvalue weighted by molar-refractivity contribution is 9.10. The van der Waals surface area contributed by atoms with E-state index < -0.39 is 0 Å². The molecule has 1 heterocycles. The van der Waals surface area contributed by atoms with E-state index in [-0.39, 0.29) is 11.9 Å². The van der Waals surface area contributed by atoms with Crippen molar-refractivity contribution in [1.82, 2.24) is 5.32 Å². The molecule has 18 heavy (non-hydrogen) atoms. The van der Waals surface area contributed by atoms with E-state index in [1.807, 2.05) is 24.6 Å². The monoisotopic (exact) mass is 391 g/mol. The summed E-state index contributed by atoms with van der Waals surface area (Å²) in [6.45, 7) is 0. The summed E-state index contributed by atoms with van der Waals surface area (Å²) in [4.78, 5) is 1.26. The Morgan fingerprint density at radius 2 is 2.11 bits per heavy atom. The molecule has 0 bridgehead atoms. The van der Waals surface area contributed by atoms with Crippen LogP contribution in [0.2, 0.25) is 0 Å². The summed E-state index contributed by atoms with van der Waals surface area (Å²) < 4.78 is 15.3. The number of thiophene rings is 1. The van der Waals surface area contributed by atoms with E-state index in [1.54, 1.807) is 17.4 Å². The third-order valence-electron chi connectivity index (χ3n) is 2.72. The Hall–Kier alpha value is -0.230. The second kappa shape index (κ2) is 6.28. The lowest BCUT2D eigenvalue weighted by Crippen LogP contribution is -2.18. The molecular weight excluding hydrogens is 381 g/mol. The fraction of sp³-hybridized carbons (Fsp3) is 0.231. The van der Waals surface area contributed by atoms with Gasteiger partial charge >= 0.3 is 0 Å². The summed E-state index contributed by atoms with van der Waals surface area (Å²) in [5.74, 6) is -0.218. The van der Waals surface area contributed by atoms with Crippen molar-refractivity contribution in [2.75, 3.05) is 7.05 Å². The fourth-order valence-electron chi connectivity index (χ4n) is 1.82. The van der Waals surface area contributed by atoms with Crippen LogP contribution in [0, 0.1) is 5.82 Å². The SMILES string of the molecule is CNC(Cc1sccc1Br)c1cc(F)cc(Br)c1. The normalized spacial score (nSPS) is 12.7. The maximum atomic E-state index is 13.4. The van der Waals surface area contributed by atoms with Crippen molar-refractivity contribution in [3.63, 3.8) is 0 Å². The highest BCUT2D eigenvalue weighted by Gasteiger charge is 2.14. The van der Waals surface area contributed by atoms with Crippen LogP contribution in [0.3, 0.4) is 0 Å². The largest absolute Gasteiger partial charge is 0.313 e. The van der Waals surface area contributed by atoms with Crippen molar-refractivity contribution in [1.29, 1.82) is 0 Å². The molecule has 2 rings (SSSR count). The minimum atomic E-state index is -0.218. The van der Waals surface area contributed by atoms with Gasteiger partial charge in [-0.25, -0.2) is 4.39 Å². The predicted octanol–water partition coefficient (Wildman–Crippen LogP) is 4.92. The van der Waals surface area contributed by atoms with E-state index in [0.29, 0.717) is 0 Å². The van der Waals surface area contributed by atoms with Gasteiger partial charge in [-0.3, -0.25) is 0 Å². The van der Waals surface area contributed by atoms with Gasteiger partial charge in [0.25, 0.3) is 0 Å². The lowest BCUT2D eigenvalue weighted by atomic mass is 10.0. The number of benzene rings is 1. The van der Waals surface area contributed by atoms with Crippen LogP contribution in [-0.4, -0.2) is 7.05 Å². The first-order valence-electron chi connectivity index (χ1n) is 5.45. The summed E-state index contributed by atoms with van der Waals surface area (Å²) in [5.41, 5.74) is 0.949. The molecule has 0 saturated heterocycles. The van der Waals surface area contributed by atoms with Gasteiger partial charge in [-0.05, 0) is 58.2 Å². The van der Waals surface area contributed by atoms with Crippen molar-refractivity contribution in [2.24, 2.45) is 0 Å². The predicted molar refractivity (Wildman–Crippen MR) is 81.6 cm³/mol. The first-order chi connectivity index (χ1) is 8.60. The van der Waals surface area contributed by atoms with Crippen LogP contribution in [0.4, 0.5) is 4.39 Å². The molecule has 0 fully saturated rings. The third-order valence-corrected chi connectivity index (χ3v) is 5.12. The van der Waals surface area contributed by atoms with Gasteiger partial charge in [0.2, 0.25) is 0 Å². The summed E-state index contributed by atoms with van der Waals surface area (Å²) in [6.07, 6.45) is 0.838. The lowest BCUT2D eigenvalue weighted by molar-refractivity contribution is 0.579. The molecule has 1 nitrogen and oxygen atoms in total. The molecule has 1 atom stereocenters. The number of halogens is 3. The Bertz CT molecular complexity index is 521. The number of rotatable bonds is 4. The zero-order valence-corrected chi connectivity index (χ0v) is 13.7. The Labute approximate surface area is 127 Å². The zero-order valence-electron chi connectivity index (χ0n) is 9.71. The van der Waals surface area contributed by atoms with Gasteiger partial charge in [0.1, 0.15) is 5.82 Å². The van der Waals surface area contributed by atoms with Crippen molar-refractivity contribution >= 4 is 43.2 Å². The van der Waals surface area contributed by atoms with Gasteiger partial charge in [0.15, 0.2) is 0 Å². The summed E-state index contributed by atoms with van der Waals surface area (Å²) >= 11 is 8.56. The number of likely N-dealkylation sites (N-methyl/N-ethyl adjacent to an activating group) is 1. The molecule has 2 aromatic rings. The highest BCUT2D eigenvalue weighted by Crippen LogP contribution is 2.29. The molecule has 0 radical (unpaired) electrons. The van der Waals surface area contributed by atoms with E-state index in [4.69, 9.17) is 0 Å². The first kappa shape index (κ1) is 14.2. The summed E-state index contributed by atoms with van der Waals surface area (Å²) in [6, 6.07) is 7.14. The van der Waals surface area contributed by atoms with Gasteiger partial charge in [-0.15, -0.1) is 11.3 Å². The average molecular weight is 393 g/mol. The van der Waals surface area contributed by atoms with Crippen molar-refractivity contribution in [3.05, 3.63) is 54.8 Å². The molecule has 5 heteroatoms. The maximum Gasteiger partial charge on any atom is 0.124 e. The van der Waals surface area contributed by atoms with E-state index in [0.717, 1.165) is 20.9 Å². The molecule has 0 amide bonds. The molecule has 0 aliphatic rings. The molecule has 0 aliphatic carbocycles.